The zero-order valence-corrected chi connectivity index (χ0v) is 8.26. The second-order valence-electron chi connectivity index (χ2n) is 0.0583. The van der Waals surface area contributed by atoms with E-state index < -0.39 is 0 Å². The Morgan fingerprint density at radius 1 is 1.20 bits per heavy atom. The van der Waals surface area contributed by atoms with E-state index in [0.29, 0.717) is 0 Å². The fraction of sp³-hybridized carbons (Fsp3) is 1.00. The minimum Gasteiger partial charge on any atom is -0.230 e. The molecule has 0 aliphatic heterocycles. The van der Waals surface area contributed by atoms with Crippen molar-refractivity contribution >= 4 is 58.7 Å². The molecule has 0 N–H and O–H groups in total. The minimum atomic E-state index is 0. The Kier molecular flexibility index (Phi) is 54.0. The van der Waals surface area contributed by atoms with Crippen LogP contribution in [0.1, 0.15) is 7.43 Å². The SMILES string of the molecule is BrOBr.C.[Bi]. The van der Waals surface area contributed by atoms with Gasteiger partial charge in [-0.2, -0.15) is 0 Å². The Morgan fingerprint density at radius 3 is 1.20 bits per heavy atom. The molecule has 0 spiro atoms. The van der Waals surface area contributed by atoms with Crippen LogP contribution >= 0.6 is 32.5 Å². The van der Waals surface area contributed by atoms with Gasteiger partial charge >= 0.3 is 0 Å². The van der Waals surface area contributed by atoms with Gasteiger partial charge in [-0.05, 0) is 0 Å². The first-order chi connectivity index (χ1) is 1.41. The third-order valence-corrected chi connectivity index (χ3v) is 0. The van der Waals surface area contributed by atoms with Crippen molar-refractivity contribution in [2.75, 3.05) is 0 Å². The Hall–Kier alpha value is 1.80. The van der Waals surface area contributed by atoms with Gasteiger partial charge < -0.3 is 0 Å². The third-order valence-electron chi connectivity index (χ3n) is 0. The maximum Gasteiger partial charge on any atom is 0.115 e. The van der Waals surface area contributed by atoms with Gasteiger partial charge in [0, 0.05) is 26.2 Å². The van der Waals surface area contributed by atoms with E-state index in [2.05, 4.69) is 35.4 Å². The minimum absolute atomic E-state index is 0. The van der Waals surface area contributed by atoms with Gasteiger partial charge in [0.2, 0.25) is 0 Å². The Morgan fingerprint density at radius 2 is 1.20 bits per heavy atom. The fourth-order valence-electron chi connectivity index (χ4n) is 0. The van der Waals surface area contributed by atoms with E-state index in [-0.39, 0.29) is 33.6 Å². The van der Waals surface area contributed by atoms with Crippen molar-refractivity contribution in [3.8, 4) is 0 Å². The molecule has 5 heavy (non-hydrogen) atoms. The van der Waals surface area contributed by atoms with E-state index in [0.717, 1.165) is 0 Å². The van der Waals surface area contributed by atoms with Crippen LogP contribution in [0.5, 0.6) is 0 Å². The summed E-state index contributed by atoms with van der Waals surface area (Å²) in [5.74, 6) is 0. The van der Waals surface area contributed by atoms with Crippen molar-refractivity contribution < 1.29 is 2.92 Å². The van der Waals surface area contributed by atoms with Crippen LogP contribution in [0.4, 0.5) is 0 Å². The van der Waals surface area contributed by atoms with Crippen LogP contribution in [0.15, 0.2) is 0 Å². The van der Waals surface area contributed by atoms with Crippen LogP contribution in [-0.2, 0) is 2.92 Å². The van der Waals surface area contributed by atoms with Gasteiger partial charge in [0.25, 0.3) is 0 Å². The summed E-state index contributed by atoms with van der Waals surface area (Å²) in [4.78, 5) is 0. The normalized spacial score (nSPS) is 3.60. The molecule has 1 nitrogen and oxygen atoms in total. The smallest absolute Gasteiger partial charge is 0.115 e. The van der Waals surface area contributed by atoms with E-state index in [4.69, 9.17) is 0 Å². The van der Waals surface area contributed by atoms with E-state index >= 15 is 0 Å². The van der Waals surface area contributed by atoms with Gasteiger partial charge in [-0.25, -0.2) is 2.92 Å². The van der Waals surface area contributed by atoms with Gasteiger partial charge in [-0.15, -0.1) is 0 Å². The van der Waals surface area contributed by atoms with Crippen LogP contribution in [0, 0.1) is 0 Å². The molecule has 0 unspecified atom stereocenters. The molecule has 0 bridgehead atoms. The van der Waals surface area contributed by atoms with Crippen molar-refractivity contribution in [2.45, 2.75) is 7.43 Å². The molecule has 0 aliphatic carbocycles. The molecule has 0 saturated carbocycles. The number of rotatable bonds is 0. The molecule has 0 fully saturated rings. The summed E-state index contributed by atoms with van der Waals surface area (Å²) >= 11 is 5.12. The number of hydrogen-bond donors (Lipinski definition) is 0. The predicted octanol–water partition coefficient (Wildman–Crippen LogP) is 1.88. The molecule has 0 aromatic rings. The first-order valence-electron chi connectivity index (χ1n) is 0.309. The van der Waals surface area contributed by atoms with E-state index in [1.54, 1.807) is 0 Å². The summed E-state index contributed by atoms with van der Waals surface area (Å²) in [5, 5.41) is 0. The Balaban J connectivity index is -0.0000000200. The number of halogens is 2. The molecule has 0 amide bonds. The second kappa shape index (κ2) is 17.0. The van der Waals surface area contributed by atoms with E-state index in [9.17, 15) is 0 Å². The molecular weight excluding hydrogens is 397 g/mol. The molecule has 0 atom stereocenters. The van der Waals surface area contributed by atoms with Gasteiger partial charge in [-0.3, -0.25) is 0 Å². The monoisotopic (exact) mass is 399 g/mol. The van der Waals surface area contributed by atoms with Gasteiger partial charge in [-0.1, -0.05) is 7.43 Å². The van der Waals surface area contributed by atoms with Crippen molar-refractivity contribution in [3.63, 3.8) is 0 Å². The van der Waals surface area contributed by atoms with Crippen LogP contribution in [0.3, 0.4) is 0 Å². The van der Waals surface area contributed by atoms with Crippen molar-refractivity contribution in [2.24, 2.45) is 0 Å². The summed E-state index contributed by atoms with van der Waals surface area (Å²) in [7, 11) is 0. The van der Waals surface area contributed by atoms with Crippen LogP contribution < -0.4 is 0 Å². The Bertz CT molecular complexity index is 9.61. The van der Waals surface area contributed by atoms with Crippen LogP contribution in [0.25, 0.3) is 0 Å². The maximum atomic E-state index is 3.88. The van der Waals surface area contributed by atoms with Crippen molar-refractivity contribution in [1.82, 2.24) is 0 Å². The van der Waals surface area contributed by atoms with E-state index in [1.807, 2.05) is 0 Å². The maximum absolute atomic E-state index is 3.88. The number of hydrogen-bond acceptors (Lipinski definition) is 1. The molecule has 0 aromatic heterocycles. The second-order valence-corrected chi connectivity index (χ2v) is 1.57. The first kappa shape index (κ1) is 15.8. The average molecular weight is 401 g/mol. The van der Waals surface area contributed by atoms with Crippen molar-refractivity contribution in [3.05, 3.63) is 0 Å². The van der Waals surface area contributed by atoms with Crippen LogP contribution in [0.2, 0.25) is 0 Å². The zero-order valence-electron chi connectivity index (χ0n) is 1.61. The largest absolute Gasteiger partial charge is 0.230 e. The summed E-state index contributed by atoms with van der Waals surface area (Å²) in [6.45, 7) is 0. The average Bonchev–Trinajstić information content (AvgIpc) is 0.918. The third kappa shape index (κ3) is 25.8. The van der Waals surface area contributed by atoms with Gasteiger partial charge in [0.1, 0.15) is 32.5 Å². The molecule has 4 heteroatoms. The summed E-state index contributed by atoms with van der Waals surface area (Å²) in [6, 6.07) is 0. The predicted molar refractivity (Wildman–Crippen MR) is 31.4 cm³/mol. The summed E-state index contributed by atoms with van der Waals surface area (Å²) in [6.07, 6.45) is 0. The quantitative estimate of drug-likeness (QED) is 0.564. The molecule has 0 rings (SSSR count). The molecule has 0 heterocycles. The summed E-state index contributed by atoms with van der Waals surface area (Å²) < 4.78 is 3.88. The topological polar surface area (TPSA) is 9.23 Å². The molecule has 0 aliphatic rings. The Labute approximate surface area is 68.5 Å². The molecular formula is CH4BiBr2O. The standard InChI is InChI=1S/CH4.Bi.Br2O/c;;1-3-2/h1H4;;. The van der Waals surface area contributed by atoms with Crippen molar-refractivity contribution in [1.29, 1.82) is 0 Å². The molecule has 0 saturated heterocycles. The van der Waals surface area contributed by atoms with Gasteiger partial charge in [0.05, 0.1) is 0 Å². The van der Waals surface area contributed by atoms with Crippen LogP contribution in [-0.4, -0.2) is 26.2 Å². The molecule has 0 aromatic carbocycles. The molecule has 3 radical (unpaired) electrons. The summed E-state index contributed by atoms with van der Waals surface area (Å²) in [5.41, 5.74) is 0. The zero-order chi connectivity index (χ0) is 2.71. The molecule has 33 valence electrons. The first-order valence-corrected chi connectivity index (χ1v) is 1.60. The van der Waals surface area contributed by atoms with E-state index in [1.165, 1.54) is 0 Å². The van der Waals surface area contributed by atoms with Gasteiger partial charge in [0.15, 0.2) is 0 Å². The fourth-order valence-corrected chi connectivity index (χ4v) is 0.